The summed E-state index contributed by atoms with van der Waals surface area (Å²) >= 11 is 0. The summed E-state index contributed by atoms with van der Waals surface area (Å²) in [5.74, 6) is 0.612. The van der Waals surface area contributed by atoms with E-state index < -0.39 is 5.60 Å². The number of nitrogens with zero attached hydrogens (tertiary/aromatic N) is 1. The molecule has 4 aliphatic rings. The number of Topliss-reactive ketones (excluding diaryl/α,β-unsaturated/α-hetero) is 1. The van der Waals surface area contributed by atoms with Gasteiger partial charge in [0.25, 0.3) is 0 Å². The lowest BCUT2D eigenvalue weighted by Gasteiger charge is -2.54. The maximum absolute atomic E-state index is 13.2. The summed E-state index contributed by atoms with van der Waals surface area (Å²) < 4.78 is 0. The highest BCUT2D eigenvalue weighted by Gasteiger charge is 2.62. The Balaban J connectivity index is 1.70. The maximum Gasteiger partial charge on any atom is 0.170 e. The molecule has 1 aromatic rings. The molecule has 33 heavy (non-hydrogen) atoms. The quantitative estimate of drug-likeness (QED) is 0.517. The zero-order valence-corrected chi connectivity index (χ0v) is 20.2. The SMILES string of the molecule is C/C=C\[C@]1(O)CC[C@H]2[C@@H]3CCC4=CC(=O)CC(=O)C4=C3[C@@H](c3ccc(N(C)C)cc3)C[C@@]21C. The van der Waals surface area contributed by atoms with Gasteiger partial charge in [-0.2, -0.15) is 0 Å². The Hall–Kier alpha value is -2.46. The van der Waals surface area contributed by atoms with Crippen molar-refractivity contribution >= 4 is 17.3 Å². The zero-order chi connectivity index (χ0) is 23.5. The van der Waals surface area contributed by atoms with Crippen LogP contribution in [0.3, 0.4) is 0 Å². The number of aliphatic hydroxyl groups is 1. The topological polar surface area (TPSA) is 57.6 Å². The molecule has 0 aromatic heterocycles. The van der Waals surface area contributed by atoms with Crippen LogP contribution in [-0.4, -0.2) is 36.4 Å². The van der Waals surface area contributed by atoms with Crippen molar-refractivity contribution in [3.05, 3.63) is 64.8 Å². The molecule has 0 spiro atoms. The van der Waals surface area contributed by atoms with Crippen molar-refractivity contribution < 1.29 is 14.7 Å². The van der Waals surface area contributed by atoms with E-state index in [2.05, 4.69) is 36.1 Å². The van der Waals surface area contributed by atoms with E-state index in [1.807, 2.05) is 33.2 Å². The van der Waals surface area contributed by atoms with Gasteiger partial charge < -0.3 is 10.0 Å². The molecule has 5 rings (SSSR count). The highest BCUT2D eigenvalue weighted by Crippen LogP contribution is 2.66. The van der Waals surface area contributed by atoms with Crippen LogP contribution in [0.25, 0.3) is 0 Å². The molecular weight excluding hydrogens is 410 g/mol. The Labute approximate surface area is 197 Å². The predicted octanol–water partition coefficient (Wildman–Crippen LogP) is 5.14. The Bertz CT molecular complexity index is 1090. The maximum atomic E-state index is 13.2. The molecule has 4 nitrogen and oxygen atoms in total. The van der Waals surface area contributed by atoms with Crippen LogP contribution in [-0.2, 0) is 9.59 Å². The van der Waals surface area contributed by atoms with Crippen molar-refractivity contribution in [2.24, 2.45) is 17.3 Å². The summed E-state index contributed by atoms with van der Waals surface area (Å²) in [7, 11) is 4.07. The second kappa shape index (κ2) is 7.80. The Morgan fingerprint density at radius 3 is 2.52 bits per heavy atom. The van der Waals surface area contributed by atoms with Crippen molar-refractivity contribution in [3.63, 3.8) is 0 Å². The molecule has 0 saturated heterocycles. The summed E-state index contributed by atoms with van der Waals surface area (Å²) in [5, 5.41) is 11.8. The highest BCUT2D eigenvalue weighted by atomic mass is 16.3. The van der Waals surface area contributed by atoms with E-state index in [4.69, 9.17) is 0 Å². The van der Waals surface area contributed by atoms with Gasteiger partial charge >= 0.3 is 0 Å². The van der Waals surface area contributed by atoms with Crippen molar-refractivity contribution in [2.75, 3.05) is 19.0 Å². The lowest BCUT2D eigenvalue weighted by Crippen LogP contribution is -2.51. The van der Waals surface area contributed by atoms with Crippen LogP contribution in [0.1, 0.15) is 63.9 Å². The normalized spacial score (nSPS) is 35.9. The molecule has 4 aliphatic carbocycles. The second-order valence-electron chi connectivity index (χ2n) is 10.9. The first-order chi connectivity index (χ1) is 15.7. The molecule has 5 atom stereocenters. The highest BCUT2D eigenvalue weighted by molar-refractivity contribution is 6.17. The van der Waals surface area contributed by atoms with E-state index in [-0.39, 0.29) is 35.2 Å². The number of carbonyl (C=O) groups is 2. The van der Waals surface area contributed by atoms with Crippen LogP contribution in [0.2, 0.25) is 0 Å². The Morgan fingerprint density at radius 1 is 1.12 bits per heavy atom. The minimum absolute atomic E-state index is 0.00238. The third kappa shape index (κ3) is 3.29. The molecular formula is C29H35NO3. The van der Waals surface area contributed by atoms with Gasteiger partial charge in [-0.3, -0.25) is 9.59 Å². The molecule has 1 N–H and O–H groups in total. The molecule has 2 fully saturated rings. The fourth-order valence-electron chi connectivity index (χ4n) is 7.45. The van der Waals surface area contributed by atoms with Crippen molar-refractivity contribution in [3.8, 4) is 0 Å². The molecule has 0 heterocycles. The number of hydrogen-bond acceptors (Lipinski definition) is 4. The monoisotopic (exact) mass is 445 g/mol. The lowest BCUT2D eigenvalue weighted by molar-refractivity contribution is -0.123. The fraction of sp³-hybridized carbons (Fsp3) is 0.517. The zero-order valence-electron chi connectivity index (χ0n) is 20.2. The van der Waals surface area contributed by atoms with Gasteiger partial charge in [-0.1, -0.05) is 31.2 Å². The summed E-state index contributed by atoms with van der Waals surface area (Å²) in [6.45, 7) is 4.25. The number of allylic oxidation sites excluding steroid dienone is 5. The van der Waals surface area contributed by atoms with Gasteiger partial charge in [-0.15, -0.1) is 0 Å². The number of fused-ring (bicyclic) bond motifs is 4. The molecule has 0 amide bonds. The summed E-state index contributed by atoms with van der Waals surface area (Å²) in [6, 6.07) is 8.66. The molecule has 0 unspecified atom stereocenters. The number of ketones is 2. The lowest BCUT2D eigenvalue weighted by atomic mass is 9.51. The molecule has 4 heteroatoms. The van der Waals surface area contributed by atoms with Crippen molar-refractivity contribution in [1.82, 2.24) is 0 Å². The van der Waals surface area contributed by atoms with Gasteiger partial charge in [0.2, 0.25) is 0 Å². The predicted molar refractivity (Wildman–Crippen MR) is 131 cm³/mol. The third-order valence-electron chi connectivity index (χ3n) is 9.07. The van der Waals surface area contributed by atoms with Crippen molar-refractivity contribution in [2.45, 2.75) is 63.9 Å². The standard InChI is InChI=1S/C29H35NO3/c1-5-13-29(33)14-12-24-22-11-8-19-15-21(31)16-25(32)26(19)27(22)23(17-28(24,29)2)18-6-9-20(10-7-18)30(3)4/h5-7,9-10,13,15,22-24,33H,8,11-12,14,16-17H2,1-4H3/b13-5-/t22-,23+,24-,28-,29-/m0/s1. The molecule has 174 valence electrons. The van der Waals surface area contributed by atoms with Gasteiger partial charge in [0.15, 0.2) is 11.6 Å². The number of rotatable bonds is 3. The van der Waals surface area contributed by atoms with Crippen LogP contribution < -0.4 is 4.90 Å². The van der Waals surface area contributed by atoms with E-state index in [1.54, 1.807) is 6.08 Å². The molecule has 0 bridgehead atoms. The minimum atomic E-state index is -0.826. The number of benzene rings is 1. The Kier molecular flexibility index (Phi) is 5.28. The van der Waals surface area contributed by atoms with Crippen LogP contribution in [0.5, 0.6) is 0 Å². The van der Waals surface area contributed by atoms with Gasteiger partial charge in [-0.25, -0.2) is 0 Å². The van der Waals surface area contributed by atoms with E-state index in [9.17, 15) is 14.7 Å². The van der Waals surface area contributed by atoms with Gasteiger partial charge in [0, 0.05) is 36.7 Å². The van der Waals surface area contributed by atoms with E-state index in [1.165, 1.54) is 11.1 Å². The van der Waals surface area contributed by atoms with Gasteiger partial charge in [0.1, 0.15) is 0 Å². The van der Waals surface area contributed by atoms with E-state index >= 15 is 0 Å². The first-order valence-corrected chi connectivity index (χ1v) is 12.3. The average Bonchev–Trinajstić information content (AvgIpc) is 3.03. The van der Waals surface area contributed by atoms with Crippen LogP contribution in [0.4, 0.5) is 5.69 Å². The molecule has 1 aromatic carbocycles. The van der Waals surface area contributed by atoms with Gasteiger partial charge in [0.05, 0.1) is 12.0 Å². The summed E-state index contributed by atoms with van der Waals surface area (Å²) in [5.41, 5.74) is 4.30. The average molecular weight is 446 g/mol. The first kappa shape index (κ1) is 22.3. The smallest absolute Gasteiger partial charge is 0.170 e. The number of carbonyl (C=O) groups excluding carboxylic acids is 2. The third-order valence-corrected chi connectivity index (χ3v) is 9.07. The van der Waals surface area contributed by atoms with Crippen molar-refractivity contribution in [1.29, 1.82) is 0 Å². The first-order valence-electron chi connectivity index (χ1n) is 12.3. The number of anilines is 1. The molecule has 0 aliphatic heterocycles. The Morgan fingerprint density at radius 2 is 1.85 bits per heavy atom. The summed E-state index contributed by atoms with van der Waals surface area (Å²) in [6.07, 6.45) is 9.98. The van der Waals surface area contributed by atoms with Crippen LogP contribution >= 0.6 is 0 Å². The molecule has 2 saturated carbocycles. The largest absolute Gasteiger partial charge is 0.385 e. The van der Waals surface area contributed by atoms with Crippen LogP contribution in [0, 0.1) is 17.3 Å². The second-order valence-corrected chi connectivity index (χ2v) is 10.9. The van der Waals surface area contributed by atoms with Crippen LogP contribution in [0.15, 0.2) is 59.2 Å². The fourth-order valence-corrected chi connectivity index (χ4v) is 7.45. The summed E-state index contributed by atoms with van der Waals surface area (Å²) in [4.78, 5) is 27.5. The van der Waals surface area contributed by atoms with E-state index in [0.29, 0.717) is 5.92 Å². The molecule has 0 radical (unpaired) electrons. The number of hydrogen-bond donors (Lipinski definition) is 1. The van der Waals surface area contributed by atoms with E-state index in [0.717, 1.165) is 48.9 Å². The van der Waals surface area contributed by atoms with Gasteiger partial charge in [-0.05, 0) is 85.8 Å². The minimum Gasteiger partial charge on any atom is -0.385 e.